The summed E-state index contributed by atoms with van der Waals surface area (Å²) in [7, 11) is 0. The Morgan fingerprint density at radius 1 is 1.08 bits per heavy atom. The lowest BCUT2D eigenvalue weighted by Crippen LogP contribution is -2.36. The second-order valence-corrected chi connectivity index (χ2v) is 6.85. The van der Waals surface area contributed by atoms with Crippen molar-refractivity contribution in [1.29, 1.82) is 0 Å². The van der Waals surface area contributed by atoms with Gasteiger partial charge >= 0.3 is 0 Å². The van der Waals surface area contributed by atoms with Gasteiger partial charge < -0.3 is 10.4 Å². The van der Waals surface area contributed by atoms with Crippen molar-refractivity contribution < 1.29 is 5.11 Å². The molecule has 5 heteroatoms. The molecule has 5 nitrogen and oxygen atoms in total. The van der Waals surface area contributed by atoms with Crippen molar-refractivity contribution in [2.24, 2.45) is 0 Å². The van der Waals surface area contributed by atoms with E-state index in [-0.39, 0.29) is 12.0 Å². The van der Waals surface area contributed by atoms with E-state index in [4.69, 9.17) is 0 Å². The van der Waals surface area contributed by atoms with Gasteiger partial charge in [-0.3, -0.25) is 4.98 Å². The van der Waals surface area contributed by atoms with Crippen LogP contribution in [-0.2, 0) is 11.8 Å². The molecule has 1 unspecified atom stereocenters. The molecule has 0 spiro atoms. The molecule has 4 rings (SSSR count). The summed E-state index contributed by atoms with van der Waals surface area (Å²) in [5.74, 6) is 1.45. The Kier molecular flexibility index (Phi) is 4.39. The molecule has 0 radical (unpaired) electrons. The zero-order valence-electron chi connectivity index (χ0n) is 14.8. The van der Waals surface area contributed by atoms with Crippen LogP contribution in [0, 0.1) is 6.92 Å². The third-order valence-corrected chi connectivity index (χ3v) is 5.14. The number of pyridine rings is 1. The minimum absolute atomic E-state index is 0.119. The third-order valence-electron chi connectivity index (χ3n) is 5.14. The fourth-order valence-electron chi connectivity index (χ4n) is 3.73. The molecule has 0 aliphatic heterocycles. The van der Waals surface area contributed by atoms with E-state index in [9.17, 15) is 5.11 Å². The maximum atomic E-state index is 10.1. The number of nitrogens with zero attached hydrogens (tertiary/aromatic N) is 3. The summed E-state index contributed by atoms with van der Waals surface area (Å²) in [6.07, 6.45) is 3.70. The monoisotopic (exact) mass is 346 g/mol. The van der Waals surface area contributed by atoms with E-state index in [1.807, 2.05) is 37.3 Å². The standard InChI is InChI=1S/C21H22N4O/c1-15-24-19(18-8-4-5-11-22-18)12-20(25-15)23-13-21(14-26)10-9-16-6-2-3-7-17(16)21/h2-8,11-12,26H,9-10,13-14H2,1H3,(H,23,24,25). The van der Waals surface area contributed by atoms with Gasteiger partial charge in [0, 0.05) is 24.2 Å². The number of anilines is 1. The van der Waals surface area contributed by atoms with Crippen LogP contribution in [0.25, 0.3) is 11.4 Å². The van der Waals surface area contributed by atoms with Gasteiger partial charge in [0.25, 0.3) is 0 Å². The first-order chi connectivity index (χ1) is 12.7. The van der Waals surface area contributed by atoms with Gasteiger partial charge in [-0.15, -0.1) is 0 Å². The van der Waals surface area contributed by atoms with Gasteiger partial charge in [-0.2, -0.15) is 0 Å². The molecule has 2 N–H and O–H groups in total. The highest BCUT2D eigenvalue weighted by molar-refractivity contribution is 5.58. The number of aliphatic hydroxyl groups excluding tert-OH is 1. The zero-order valence-corrected chi connectivity index (χ0v) is 14.8. The Balaban J connectivity index is 1.59. The van der Waals surface area contributed by atoms with Crippen LogP contribution in [-0.4, -0.2) is 33.2 Å². The molecule has 0 fully saturated rings. The average molecular weight is 346 g/mol. The lowest BCUT2D eigenvalue weighted by molar-refractivity contribution is 0.200. The Bertz CT molecular complexity index is 913. The number of hydrogen-bond acceptors (Lipinski definition) is 5. The van der Waals surface area contributed by atoms with Gasteiger partial charge in [0.1, 0.15) is 11.6 Å². The lowest BCUT2D eigenvalue weighted by Gasteiger charge is -2.29. The molecule has 1 aliphatic rings. The number of fused-ring (bicyclic) bond motifs is 1. The van der Waals surface area contributed by atoms with Gasteiger partial charge in [-0.1, -0.05) is 30.3 Å². The van der Waals surface area contributed by atoms with Crippen LogP contribution in [0.15, 0.2) is 54.7 Å². The molecule has 0 amide bonds. The number of rotatable bonds is 5. The second-order valence-electron chi connectivity index (χ2n) is 6.85. The molecule has 3 aromatic rings. The van der Waals surface area contributed by atoms with Crippen LogP contribution in [0.1, 0.15) is 23.4 Å². The quantitative estimate of drug-likeness (QED) is 0.743. The smallest absolute Gasteiger partial charge is 0.130 e. The number of nitrogens with one attached hydrogen (secondary N) is 1. The molecular weight excluding hydrogens is 324 g/mol. The van der Waals surface area contributed by atoms with Crippen LogP contribution >= 0.6 is 0 Å². The van der Waals surface area contributed by atoms with E-state index >= 15 is 0 Å². The minimum atomic E-state index is -0.263. The summed E-state index contributed by atoms with van der Waals surface area (Å²) in [6, 6.07) is 16.1. The van der Waals surface area contributed by atoms with Crippen molar-refractivity contribution in [3.8, 4) is 11.4 Å². The van der Waals surface area contributed by atoms with Gasteiger partial charge in [0.05, 0.1) is 18.0 Å². The predicted molar refractivity (Wildman–Crippen MR) is 102 cm³/mol. The molecule has 0 saturated heterocycles. The normalized spacial score (nSPS) is 18.5. The molecule has 2 aromatic heterocycles. The maximum absolute atomic E-state index is 10.1. The van der Waals surface area contributed by atoms with E-state index in [1.165, 1.54) is 11.1 Å². The van der Waals surface area contributed by atoms with Crippen molar-refractivity contribution in [3.05, 3.63) is 71.7 Å². The summed E-state index contributed by atoms with van der Waals surface area (Å²) in [5.41, 5.74) is 3.93. The van der Waals surface area contributed by atoms with Gasteiger partial charge in [0.15, 0.2) is 0 Å². The predicted octanol–water partition coefficient (Wildman–Crippen LogP) is 3.14. The van der Waals surface area contributed by atoms with Crippen LogP contribution in [0.3, 0.4) is 0 Å². The van der Waals surface area contributed by atoms with Crippen LogP contribution < -0.4 is 5.32 Å². The fourth-order valence-corrected chi connectivity index (χ4v) is 3.73. The molecule has 0 saturated carbocycles. The van der Waals surface area contributed by atoms with Gasteiger partial charge in [-0.25, -0.2) is 9.97 Å². The van der Waals surface area contributed by atoms with Crippen molar-refractivity contribution in [1.82, 2.24) is 15.0 Å². The topological polar surface area (TPSA) is 70.9 Å². The number of benzene rings is 1. The SMILES string of the molecule is Cc1nc(NCC2(CO)CCc3ccccc32)cc(-c2ccccn2)n1. The fraction of sp³-hybridized carbons (Fsp3) is 0.286. The summed E-state index contributed by atoms with van der Waals surface area (Å²) in [6.45, 7) is 2.64. The molecule has 1 aliphatic carbocycles. The molecule has 0 bridgehead atoms. The largest absolute Gasteiger partial charge is 0.395 e. The van der Waals surface area contributed by atoms with E-state index < -0.39 is 0 Å². The number of aromatic nitrogens is 3. The highest BCUT2D eigenvalue weighted by Crippen LogP contribution is 2.38. The van der Waals surface area contributed by atoms with Crippen LogP contribution in [0.2, 0.25) is 0 Å². The minimum Gasteiger partial charge on any atom is -0.395 e. The first-order valence-corrected chi connectivity index (χ1v) is 8.90. The van der Waals surface area contributed by atoms with Crippen molar-refractivity contribution >= 4 is 5.82 Å². The first kappa shape index (κ1) is 16.7. The molecule has 2 heterocycles. The second kappa shape index (κ2) is 6.84. The molecule has 1 atom stereocenters. The average Bonchev–Trinajstić information content (AvgIpc) is 3.06. The zero-order chi connectivity index (χ0) is 18.0. The maximum Gasteiger partial charge on any atom is 0.130 e. The molecule has 132 valence electrons. The van der Waals surface area contributed by atoms with E-state index in [1.54, 1.807) is 6.20 Å². The Morgan fingerprint density at radius 3 is 2.73 bits per heavy atom. The Morgan fingerprint density at radius 2 is 1.92 bits per heavy atom. The van der Waals surface area contributed by atoms with E-state index in [0.29, 0.717) is 12.4 Å². The van der Waals surface area contributed by atoms with E-state index in [0.717, 1.165) is 30.0 Å². The summed E-state index contributed by atoms with van der Waals surface area (Å²) in [5, 5.41) is 13.6. The van der Waals surface area contributed by atoms with Gasteiger partial charge in [-0.05, 0) is 43.0 Å². The highest BCUT2D eigenvalue weighted by atomic mass is 16.3. The van der Waals surface area contributed by atoms with Crippen molar-refractivity contribution in [3.63, 3.8) is 0 Å². The number of aliphatic hydroxyl groups is 1. The van der Waals surface area contributed by atoms with E-state index in [2.05, 4.69) is 38.5 Å². The lowest BCUT2D eigenvalue weighted by atomic mass is 9.82. The summed E-state index contributed by atoms with van der Waals surface area (Å²) >= 11 is 0. The number of aryl methyl sites for hydroxylation is 2. The first-order valence-electron chi connectivity index (χ1n) is 8.90. The highest BCUT2D eigenvalue weighted by Gasteiger charge is 2.37. The molecule has 26 heavy (non-hydrogen) atoms. The Labute approximate surface area is 153 Å². The van der Waals surface area contributed by atoms with Crippen LogP contribution in [0.4, 0.5) is 5.82 Å². The number of hydrogen-bond donors (Lipinski definition) is 2. The summed E-state index contributed by atoms with van der Waals surface area (Å²) < 4.78 is 0. The Hall–Kier alpha value is -2.79. The third kappa shape index (κ3) is 3.06. The summed E-state index contributed by atoms with van der Waals surface area (Å²) in [4.78, 5) is 13.4. The van der Waals surface area contributed by atoms with Crippen molar-refractivity contribution in [2.75, 3.05) is 18.5 Å². The van der Waals surface area contributed by atoms with Gasteiger partial charge in [0.2, 0.25) is 0 Å². The molecule has 1 aromatic carbocycles. The molecular formula is C21H22N4O. The van der Waals surface area contributed by atoms with Crippen LogP contribution in [0.5, 0.6) is 0 Å². The van der Waals surface area contributed by atoms with Crippen molar-refractivity contribution in [2.45, 2.75) is 25.2 Å².